The Bertz CT molecular complexity index is 1080. The molecule has 2 aromatic heterocycles. The third-order valence-corrected chi connectivity index (χ3v) is 5.72. The minimum absolute atomic E-state index is 0.137. The van der Waals surface area contributed by atoms with Gasteiger partial charge in [0, 0.05) is 11.6 Å². The van der Waals surface area contributed by atoms with Crippen molar-refractivity contribution in [1.29, 1.82) is 0 Å². The molecule has 2 heterocycles. The molecule has 1 amide bonds. The van der Waals surface area contributed by atoms with Gasteiger partial charge >= 0.3 is 0 Å². The fourth-order valence-corrected chi connectivity index (χ4v) is 3.73. The van der Waals surface area contributed by atoms with Crippen LogP contribution in [0.5, 0.6) is 0 Å². The minimum Gasteiger partial charge on any atom is -0.344 e. The van der Waals surface area contributed by atoms with Crippen LogP contribution in [-0.2, 0) is 0 Å². The molecule has 0 saturated heterocycles. The predicted octanol–water partition coefficient (Wildman–Crippen LogP) is 5.71. The summed E-state index contributed by atoms with van der Waals surface area (Å²) >= 11 is 0. The van der Waals surface area contributed by atoms with Gasteiger partial charge in [0.15, 0.2) is 0 Å². The molecule has 1 N–H and O–H groups in total. The first-order valence-electron chi connectivity index (χ1n) is 10.2. The zero-order valence-corrected chi connectivity index (χ0v) is 17.3. The van der Waals surface area contributed by atoms with E-state index >= 15 is 0 Å². The molecule has 0 unspecified atom stereocenters. The second-order valence-corrected chi connectivity index (χ2v) is 8.66. The lowest BCUT2D eigenvalue weighted by Gasteiger charge is -2.28. The Labute approximate surface area is 172 Å². The molecule has 1 atom stereocenters. The molecule has 0 bridgehead atoms. The number of fused-ring (bicyclic) bond motifs is 1. The molecule has 29 heavy (non-hydrogen) atoms. The lowest BCUT2D eigenvalue weighted by Crippen LogP contribution is -2.27. The molecule has 4 heteroatoms. The number of aromatic nitrogens is 2. The van der Waals surface area contributed by atoms with Crippen LogP contribution in [0.3, 0.4) is 0 Å². The normalized spacial score (nSPS) is 16.9. The smallest absolute Gasteiger partial charge is 0.253 e. The van der Waals surface area contributed by atoms with Crippen molar-refractivity contribution in [2.75, 3.05) is 0 Å². The molecular formula is C25H27N3O. The summed E-state index contributed by atoms with van der Waals surface area (Å²) in [5.41, 5.74) is 5.01. The van der Waals surface area contributed by atoms with Crippen molar-refractivity contribution in [2.45, 2.75) is 46.1 Å². The Kier molecular flexibility index (Phi) is 5.18. The summed E-state index contributed by atoms with van der Waals surface area (Å²) < 4.78 is 0. The van der Waals surface area contributed by atoms with Gasteiger partial charge < -0.3 is 5.32 Å². The number of hydrogen-bond acceptors (Lipinski definition) is 3. The fourth-order valence-electron chi connectivity index (χ4n) is 3.73. The van der Waals surface area contributed by atoms with Crippen LogP contribution in [-0.4, -0.2) is 15.9 Å². The van der Waals surface area contributed by atoms with Gasteiger partial charge in [-0.3, -0.25) is 14.8 Å². The molecule has 1 aliphatic carbocycles. The fraction of sp³-hybridized carbons (Fsp3) is 0.320. The van der Waals surface area contributed by atoms with Crippen LogP contribution in [0.25, 0.3) is 16.5 Å². The van der Waals surface area contributed by atoms with Gasteiger partial charge in [-0.05, 0) is 61.4 Å². The maximum Gasteiger partial charge on any atom is 0.253 e. The van der Waals surface area contributed by atoms with E-state index in [9.17, 15) is 4.79 Å². The van der Waals surface area contributed by atoms with Gasteiger partial charge in [-0.2, -0.15) is 0 Å². The van der Waals surface area contributed by atoms with Crippen LogP contribution in [0.15, 0.2) is 60.8 Å². The number of amides is 1. The Hall–Kier alpha value is -3.01. The molecule has 4 nitrogen and oxygen atoms in total. The summed E-state index contributed by atoms with van der Waals surface area (Å²) in [5, 5.41) is 4.02. The van der Waals surface area contributed by atoms with Crippen molar-refractivity contribution in [1.82, 2.24) is 15.3 Å². The van der Waals surface area contributed by atoms with E-state index in [0.29, 0.717) is 11.0 Å². The van der Waals surface area contributed by atoms with Crippen LogP contribution in [0.2, 0.25) is 0 Å². The number of rotatable bonds is 4. The van der Waals surface area contributed by atoms with E-state index in [1.54, 1.807) is 6.20 Å². The largest absolute Gasteiger partial charge is 0.344 e. The summed E-state index contributed by atoms with van der Waals surface area (Å²) in [5.74, 6) is -0.137. The Morgan fingerprint density at radius 2 is 1.97 bits per heavy atom. The molecule has 0 saturated carbocycles. The van der Waals surface area contributed by atoms with Gasteiger partial charge in [0.1, 0.15) is 0 Å². The van der Waals surface area contributed by atoms with E-state index in [-0.39, 0.29) is 11.9 Å². The average Bonchev–Trinajstić information content (AvgIpc) is 2.73. The second kappa shape index (κ2) is 7.78. The van der Waals surface area contributed by atoms with Crippen molar-refractivity contribution >= 4 is 22.4 Å². The van der Waals surface area contributed by atoms with Crippen LogP contribution in [0, 0.1) is 5.41 Å². The van der Waals surface area contributed by atoms with Crippen molar-refractivity contribution in [3.8, 4) is 0 Å². The number of carbonyl (C=O) groups excluding carboxylic acids is 1. The topological polar surface area (TPSA) is 54.9 Å². The van der Waals surface area contributed by atoms with E-state index < -0.39 is 0 Å². The Balaban J connectivity index is 1.50. The first kappa shape index (κ1) is 19.3. The standard InChI is InChI=1S/C25H27N3O/c1-17(27-24(29)20-15-19-7-4-5-8-22(19)26-16-20)21-9-6-10-23(28-21)18-11-13-25(2,3)14-12-18/h4-11,15-17H,12-14H2,1-3H3,(H,27,29)/t17-/m0/s1. The number of para-hydroxylation sites is 1. The number of pyridine rings is 2. The number of allylic oxidation sites excluding steroid dienone is 2. The van der Waals surface area contributed by atoms with Crippen molar-refractivity contribution in [2.24, 2.45) is 5.41 Å². The quantitative estimate of drug-likeness (QED) is 0.625. The predicted molar refractivity (Wildman–Crippen MR) is 117 cm³/mol. The van der Waals surface area contributed by atoms with Gasteiger partial charge in [-0.1, -0.05) is 44.2 Å². The SMILES string of the molecule is C[C@H](NC(=O)c1cnc2ccccc2c1)c1cccc(C2=CCC(C)(C)CC2)n1. The van der Waals surface area contributed by atoms with Gasteiger partial charge in [0.05, 0.1) is 28.5 Å². The third-order valence-electron chi connectivity index (χ3n) is 5.72. The van der Waals surface area contributed by atoms with Gasteiger partial charge in [0.25, 0.3) is 5.91 Å². The Morgan fingerprint density at radius 3 is 2.76 bits per heavy atom. The van der Waals surface area contributed by atoms with Gasteiger partial charge in [-0.25, -0.2) is 0 Å². The molecule has 1 aliphatic rings. The van der Waals surface area contributed by atoms with Crippen LogP contribution < -0.4 is 5.32 Å². The first-order valence-corrected chi connectivity index (χ1v) is 10.2. The van der Waals surface area contributed by atoms with E-state index in [4.69, 9.17) is 4.98 Å². The van der Waals surface area contributed by atoms with Crippen molar-refractivity contribution in [3.05, 3.63) is 77.8 Å². The summed E-state index contributed by atoms with van der Waals surface area (Å²) in [6.45, 7) is 6.59. The number of carbonyl (C=O) groups is 1. The second-order valence-electron chi connectivity index (χ2n) is 8.66. The van der Waals surface area contributed by atoms with Gasteiger partial charge in [-0.15, -0.1) is 0 Å². The molecule has 1 aromatic carbocycles. The maximum absolute atomic E-state index is 12.7. The monoisotopic (exact) mass is 385 g/mol. The molecule has 4 rings (SSSR count). The molecule has 148 valence electrons. The highest BCUT2D eigenvalue weighted by atomic mass is 16.1. The first-order chi connectivity index (χ1) is 13.9. The van der Waals surface area contributed by atoms with Crippen LogP contribution >= 0.6 is 0 Å². The summed E-state index contributed by atoms with van der Waals surface area (Å²) in [7, 11) is 0. The molecule has 0 aliphatic heterocycles. The van der Waals surface area contributed by atoms with Crippen molar-refractivity contribution < 1.29 is 4.79 Å². The number of nitrogens with zero attached hydrogens (tertiary/aromatic N) is 2. The average molecular weight is 386 g/mol. The number of benzene rings is 1. The van der Waals surface area contributed by atoms with Gasteiger partial charge in [0.2, 0.25) is 0 Å². The maximum atomic E-state index is 12.7. The molecule has 0 fully saturated rings. The van der Waals surface area contributed by atoms with E-state index in [1.807, 2.05) is 49.4 Å². The van der Waals surface area contributed by atoms with E-state index in [0.717, 1.165) is 35.1 Å². The van der Waals surface area contributed by atoms with E-state index in [2.05, 4.69) is 36.3 Å². The molecule has 0 radical (unpaired) electrons. The molecular weight excluding hydrogens is 358 g/mol. The lowest BCUT2D eigenvalue weighted by atomic mass is 9.78. The number of nitrogens with one attached hydrogen (secondary N) is 1. The highest BCUT2D eigenvalue weighted by Gasteiger charge is 2.23. The highest BCUT2D eigenvalue weighted by molar-refractivity contribution is 5.97. The highest BCUT2D eigenvalue weighted by Crippen LogP contribution is 2.37. The van der Waals surface area contributed by atoms with Crippen molar-refractivity contribution in [3.63, 3.8) is 0 Å². The number of hydrogen-bond donors (Lipinski definition) is 1. The van der Waals surface area contributed by atoms with Crippen LogP contribution in [0.1, 0.15) is 67.8 Å². The molecule has 0 spiro atoms. The summed E-state index contributed by atoms with van der Waals surface area (Å²) in [4.78, 5) is 22.0. The Morgan fingerprint density at radius 1 is 1.14 bits per heavy atom. The zero-order valence-electron chi connectivity index (χ0n) is 17.3. The van der Waals surface area contributed by atoms with Crippen LogP contribution in [0.4, 0.5) is 0 Å². The van der Waals surface area contributed by atoms with E-state index in [1.165, 1.54) is 12.0 Å². The summed E-state index contributed by atoms with van der Waals surface area (Å²) in [6.07, 6.45) is 7.25. The zero-order chi connectivity index (χ0) is 20.4. The molecule has 3 aromatic rings. The summed E-state index contributed by atoms with van der Waals surface area (Å²) in [6, 6.07) is 15.6. The lowest BCUT2D eigenvalue weighted by molar-refractivity contribution is 0.0939. The minimum atomic E-state index is -0.186. The third kappa shape index (κ3) is 4.37.